The van der Waals surface area contributed by atoms with E-state index in [9.17, 15) is 9.13 Å². The first-order valence-corrected chi connectivity index (χ1v) is 9.81. The van der Waals surface area contributed by atoms with Crippen molar-refractivity contribution in [3.05, 3.63) is 30.1 Å². The molecule has 7 nitrogen and oxygen atoms in total. The monoisotopic (exact) mass is 327 g/mol. The van der Waals surface area contributed by atoms with E-state index in [-0.39, 0.29) is 5.75 Å². The van der Waals surface area contributed by atoms with Crippen LogP contribution in [0.15, 0.2) is 24.4 Å². The fourth-order valence-electron chi connectivity index (χ4n) is 1.30. The summed E-state index contributed by atoms with van der Waals surface area (Å²) in [4.78, 5) is 39.8. The van der Waals surface area contributed by atoms with Gasteiger partial charge in [0, 0.05) is 17.6 Å². The maximum absolute atomic E-state index is 11.0. The first kappa shape index (κ1) is 16.9. The van der Waals surface area contributed by atoms with Crippen LogP contribution in [0.2, 0.25) is 0 Å². The van der Waals surface area contributed by atoms with Gasteiger partial charge in [0.15, 0.2) is 5.40 Å². The number of rotatable bonds is 7. The van der Waals surface area contributed by atoms with Crippen LogP contribution in [0, 0.1) is 0 Å². The molecule has 1 rings (SSSR count). The van der Waals surface area contributed by atoms with Gasteiger partial charge in [-0.3, -0.25) is 14.1 Å². The van der Waals surface area contributed by atoms with E-state index in [2.05, 4.69) is 4.98 Å². The third-order valence-corrected chi connectivity index (χ3v) is 7.55. The van der Waals surface area contributed by atoms with E-state index in [1.54, 1.807) is 12.3 Å². The van der Waals surface area contributed by atoms with Crippen LogP contribution in [0.5, 0.6) is 0 Å². The molecule has 1 heterocycles. The van der Waals surface area contributed by atoms with Gasteiger partial charge < -0.3 is 19.6 Å². The average Bonchev–Trinajstić information content (AvgIpc) is 2.26. The van der Waals surface area contributed by atoms with Crippen molar-refractivity contribution in [3.63, 3.8) is 0 Å². The van der Waals surface area contributed by atoms with Crippen molar-refractivity contribution in [2.24, 2.45) is 0 Å². The van der Waals surface area contributed by atoms with Crippen molar-refractivity contribution >= 4 is 27.0 Å². The van der Waals surface area contributed by atoms with Crippen LogP contribution in [-0.4, -0.2) is 41.5 Å². The smallest absolute Gasteiger partial charge is 0.324 e. The lowest BCUT2D eigenvalue weighted by molar-refractivity contribution is 0.343. The summed E-state index contributed by atoms with van der Waals surface area (Å²) in [6.07, 6.45) is 2.20. The molecule has 1 aromatic heterocycles. The number of aromatic nitrogens is 1. The molecular formula is C9H15NO6P2S. The fourth-order valence-corrected chi connectivity index (χ4v) is 5.79. The molecule has 19 heavy (non-hydrogen) atoms. The summed E-state index contributed by atoms with van der Waals surface area (Å²) in [6, 6.07) is 5.40. The molecule has 108 valence electrons. The van der Waals surface area contributed by atoms with Gasteiger partial charge in [-0.05, 0) is 24.3 Å². The molecule has 0 atom stereocenters. The zero-order chi connectivity index (χ0) is 14.5. The van der Waals surface area contributed by atoms with Crippen molar-refractivity contribution in [1.29, 1.82) is 0 Å². The van der Waals surface area contributed by atoms with Crippen LogP contribution in [0.4, 0.5) is 0 Å². The second kappa shape index (κ2) is 6.99. The predicted molar refractivity (Wildman–Crippen MR) is 73.1 cm³/mol. The Kier molecular flexibility index (Phi) is 6.20. The minimum atomic E-state index is -4.81. The Morgan fingerprint density at radius 2 is 1.79 bits per heavy atom. The van der Waals surface area contributed by atoms with E-state index in [4.69, 9.17) is 19.6 Å². The van der Waals surface area contributed by atoms with Gasteiger partial charge in [0.25, 0.3) is 0 Å². The molecule has 0 aliphatic rings. The molecule has 0 bridgehead atoms. The standard InChI is InChI=1S/C9H15NO6P2S/c11-17(12,13)9(18(14,15)16)7-19-6-4-8-3-1-2-5-10-8/h1-3,5,9H,4,6-7H2,(H2,11,12,13)(H2,14,15,16). The van der Waals surface area contributed by atoms with Gasteiger partial charge in [0.05, 0.1) is 0 Å². The zero-order valence-corrected chi connectivity index (χ0v) is 12.5. The molecular weight excluding hydrogens is 312 g/mol. The Hall–Kier alpha value is -0.200. The number of aryl methyl sites for hydroxylation is 1. The third kappa shape index (κ3) is 6.19. The van der Waals surface area contributed by atoms with Gasteiger partial charge in [-0.2, -0.15) is 11.8 Å². The van der Waals surface area contributed by atoms with Crippen molar-refractivity contribution in [3.8, 4) is 0 Å². The Balaban J connectivity index is 2.46. The third-order valence-electron chi connectivity index (χ3n) is 2.27. The van der Waals surface area contributed by atoms with E-state index in [1.807, 2.05) is 12.1 Å². The van der Waals surface area contributed by atoms with Gasteiger partial charge in [0.2, 0.25) is 0 Å². The molecule has 0 radical (unpaired) electrons. The first-order valence-electron chi connectivity index (χ1n) is 5.29. The first-order chi connectivity index (χ1) is 8.71. The Morgan fingerprint density at radius 1 is 1.16 bits per heavy atom. The van der Waals surface area contributed by atoms with Gasteiger partial charge in [-0.25, -0.2) is 0 Å². The highest BCUT2D eigenvalue weighted by molar-refractivity contribution is 8.00. The summed E-state index contributed by atoms with van der Waals surface area (Å²) >= 11 is 1.09. The van der Waals surface area contributed by atoms with Crippen LogP contribution < -0.4 is 0 Å². The van der Waals surface area contributed by atoms with Crippen LogP contribution >= 0.6 is 27.0 Å². The molecule has 0 aliphatic heterocycles. The highest BCUT2D eigenvalue weighted by atomic mass is 32.2. The fraction of sp³-hybridized carbons (Fsp3) is 0.444. The van der Waals surface area contributed by atoms with Gasteiger partial charge in [-0.15, -0.1) is 0 Å². The summed E-state index contributed by atoms with van der Waals surface area (Å²) in [5, 5.41) is -1.94. The van der Waals surface area contributed by atoms with E-state index >= 15 is 0 Å². The molecule has 0 saturated heterocycles. The number of nitrogens with zero attached hydrogens (tertiary/aromatic N) is 1. The number of thioether (sulfide) groups is 1. The van der Waals surface area contributed by atoms with Crippen LogP contribution in [0.1, 0.15) is 5.69 Å². The largest absolute Gasteiger partial charge is 0.341 e. The van der Waals surface area contributed by atoms with E-state index in [1.165, 1.54) is 0 Å². The molecule has 0 saturated carbocycles. The lowest BCUT2D eigenvalue weighted by Gasteiger charge is -2.18. The summed E-state index contributed by atoms with van der Waals surface area (Å²) in [6.45, 7) is 0. The minimum Gasteiger partial charge on any atom is -0.324 e. The molecule has 0 spiro atoms. The molecule has 1 aromatic rings. The summed E-state index contributed by atoms with van der Waals surface area (Å²) in [5.74, 6) is 0.189. The normalized spacial score (nSPS) is 12.9. The minimum absolute atomic E-state index is 0.290. The molecule has 0 aliphatic carbocycles. The van der Waals surface area contributed by atoms with E-state index < -0.39 is 20.6 Å². The van der Waals surface area contributed by atoms with E-state index in [0.717, 1.165) is 17.5 Å². The maximum Gasteiger partial charge on any atom is 0.341 e. The van der Waals surface area contributed by atoms with E-state index in [0.29, 0.717) is 12.2 Å². The molecule has 0 unspecified atom stereocenters. The van der Waals surface area contributed by atoms with Crippen molar-refractivity contribution in [1.82, 2.24) is 4.98 Å². The van der Waals surface area contributed by atoms with Crippen LogP contribution in [-0.2, 0) is 15.6 Å². The lowest BCUT2D eigenvalue weighted by atomic mass is 10.3. The molecule has 0 aromatic carbocycles. The Morgan fingerprint density at radius 3 is 2.26 bits per heavy atom. The zero-order valence-electron chi connectivity index (χ0n) is 9.86. The average molecular weight is 327 g/mol. The number of pyridine rings is 1. The maximum atomic E-state index is 11.0. The van der Waals surface area contributed by atoms with Crippen molar-refractivity contribution < 1.29 is 28.7 Å². The second-order valence-electron chi connectivity index (χ2n) is 3.80. The molecule has 10 heteroatoms. The topological polar surface area (TPSA) is 128 Å². The lowest BCUT2D eigenvalue weighted by Crippen LogP contribution is -2.13. The Labute approximate surface area is 114 Å². The molecule has 0 amide bonds. The molecule has 4 N–H and O–H groups in total. The number of hydrogen-bond acceptors (Lipinski definition) is 4. The highest BCUT2D eigenvalue weighted by Crippen LogP contribution is 2.60. The summed E-state index contributed by atoms with van der Waals surface area (Å²) in [7, 11) is -9.62. The Bertz CT molecular complexity index is 465. The summed E-state index contributed by atoms with van der Waals surface area (Å²) in [5.41, 5.74) is 0.818. The second-order valence-corrected chi connectivity index (χ2v) is 8.97. The van der Waals surface area contributed by atoms with Crippen LogP contribution in [0.25, 0.3) is 0 Å². The van der Waals surface area contributed by atoms with Crippen molar-refractivity contribution in [2.45, 2.75) is 11.8 Å². The number of hydrogen-bond donors (Lipinski definition) is 4. The van der Waals surface area contributed by atoms with Gasteiger partial charge >= 0.3 is 15.2 Å². The van der Waals surface area contributed by atoms with Crippen LogP contribution in [0.3, 0.4) is 0 Å². The SMILES string of the molecule is O=P(O)(O)C(CSCCc1ccccn1)P(=O)(O)O. The molecule has 0 fully saturated rings. The quantitative estimate of drug-likeness (QED) is 0.432. The summed E-state index contributed by atoms with van der Waals surface area (Å²) < 4.78 is 22.0. The predicted octanol–water partition coefficient (Wildman–Crippen LogP) is 1.04. The van der Waals surface area contributed by atoms with Gasteiger partial charge in [-0.1, -0.05) is 6.07 Å². The highest BCUT2D eigenvalue weighted by Gasteiger charge is 2.42. The van der Waals surface area contributed by atoms with Crippen molar-refractivity contribution in [2.75, 3.05) is 11.5 Å². The van der Waals surface area contributed by atoms with Gasteiger partial charge in [0.1, 0.15) is 0 Å².